The third-order valence-electron chi connectivity index (χ3n) is 4.94. The molecule has 1 aliphatic carbocycles. The molecule has 2 fully saturated rings. The second-order valence-corrected chi connectivity index (χ2v) is 6.61. The average molecular weight is 286 g/mol. The summed E-state index contributed by atoms with van der Waals surface area (Å²) in [6.45, 7) is 0.926. The van der Waals surface area contributed by atoms with E-state index in [2.05, 4.69) is 29.2 Å². The molecule has 1 heterocycles. The molecule has 0 unspecified atom stereocenters. The van der Waals surface area contributed by atoms with Crippen molar-refractivity contribution in [2.75, 3.05) is 6.54 Å². The Morgan fingerprint density at radius 2 is 2.00 bits per heavy atom. The maximum atomic E-state index is 12.5. The summed E-state index contributed by atoms with van der Waals surface area (Å²) in [6.07, 6.45) is 7.41. The van der Waals surface area contributed by atoms with Crippen LogP contribution in [0.1, 0.15) is 44.1 Å². The van der Waals surface area contributed by atoms with E-state index in [0.717, 1.165) is 32.2 Å². The number of benzene rings is 1. The number of likely N-dealkylation sites (tertiary alicyclic amines) is 1. The number of amides is 1. The zero-order valence-corrected chi connectivity index (χ0v) is 12.7. The number of hydrogen-bond donors (Lipinski definition) is 1. The van der Waals surface area contributed by atoms with E-state index in [1.807, 2.05) is 6.07 Å². The van der Waals surface area contributed by atoms with E-state index in [-0.39, 0.29) is 11.9 Å². The Balaban J connectivity index is 1.51. The smallest absolute Gasteiger partial charge is 0.224 e. The maximum Gasteiger partial charge on any atom is 0.224 e. The molecule has 114 valence electrons. The summed E-state index contributed by atoms with van der Waals surface area (Å²) in [6, 6.07) is 11.1. The van der Waals surface area contributed by atoms with Gasteiger partial charge in [0, 0.05) is 25.0 Å². The molecular weight excluding hydrogens is 260 g/mol. The Labute approximate surface area is 127 Å². The lowest BCUT2D eigenvalue weighted by atomic mass is 10.0. The van der Waals surface area contributed by atoms with Gasteiger partial charge in [-0.2, -0.15) is 0 Å². The normalized spacial score (nSPS) is 23.3. The highest BCUT2D eigenvalue weighted by atomic mass is 16.2. The minimum absolute atomic E-state index is 0.0906. The van der Waals surface area contributed by atoms with Crippen molar-refractivity contribution in [3.8, 4) is 0 Å². The zero-order valence-electron chi connectivity index (χ0n) is 12.7. The third kappa shape index (κ3) is 3.85. The Kier molecular flexibility index (Phi) is 4.59. The van der Waals surface area contributed by atoms with E-state index in [0.29, 0.717) is 18.4 Å². The van der Waals surface area contributed by atoms with Crippen LogP contribution in [0.25, 0.3) is 0 Å². The standard InChI is InChI=1S/C18H26N2O/c19-17(15-9-10-15)13-18(21)20-12-4-7-16(20)11-8-14-5-2-1-3-6-14/h1-3,5-6,15-17H,4,7-13,19H2/t16-,17+/m1/s1. The van der Waals surface area contributed by atoms with Gasteiger partial charge in [0.2, 0.25) is 5.91 Å². The van der Waals surface area contributed by atoms with Gasteiger partial charge in [0.25, 0.3) is 0 Å². The molecule has 3 rings (SSSR count). The van der Waals surface area contributed by atoms with Crippen LogP contribution < -0.4 is 5.73 Å². The molecule has 1 aliphatic heterocycles. The number of nitrogens with two attached hydrogens (primary N) is 1. The molecule has 1 aromatic carbocycles. The van der Waals surface area contributed by atoms with E-state index in [1.54, 1.807) is 0 Å². The van der Waals surface area contributed by atoms with Gasteiger partial charge in [0.05, 0.1) is 0 Å². The van der Waals surface area contributed by atoms with Crippen molar-refractivity contribution in [2.24, 2.45) is 11.7 Å². The number of carbonyl (C=O) groups is 1. The second kappa shape index (κ2) is 6.61. The van der Waals surface area contributed by atoms with Gasteiger partial charge < -0.3 is 10.6 Å². The summed E-state index contributed by atoms with van der Waals surface area (Å²) < 4.78 is 0. The third-order valence-corrected chi connectivity index (χ3v) is 4.94. The number of rotatable bonds is 6. The van der Waals surface area contributed by atoms with E-state index in [9.17, 15) is 4.79 Å². The first-order valence-electron chi connectivity index (χ1n) is 8.33. The van der Waals surface area contributed by atoms with Crippen molar-refractivity contribution in [3.05, 3.63) is 35.9 Å². The highest BCUT2D eigenvalue weighted by molar-refractivity contribution is 5.77. The summed E-state index contributed by atoms with van der Waals surface area (Å²) in [5.74, 6) is 0.893. The number of carbonyl (C=O) groups excluding carboxylic acids is 1. The van der Waals surface area contributed by atoms with Crippen LogP contribution in [0.4, 0.5) is 0 Å². The minimum atomic E-state index is 0.0906. The summed E-state index contributed by atoms with van der Waals surface area (Å²) in [7, 11) is 0. The van der Waals surface area contributed by atoms with Crippen molar-refractivity contribution in [2.45, 2.75) is 57.0 Å². The molecule has 2 atom stereocenters. The van der Waals surface area contributed by atoms with Crippen molar-refractivity contribution < 1.29 is 4.79 Å². The molecule has 0 aromatic heterocycles. The number of hydrogen-bond acceptors (Lipinski definition) is 2. The molecule has 0 bridgehead atoms. The maximum absolute atomic E-state index is 12.5. The van der Waals surface area contributed by atoms with Crippen molar-refractivity contribution in [3.63, 3.8) is 0 Å². The lowest BCUT2D eigenvalue weighted by Gasteiger charge is -2.26. The first-order chi connectivity index (χ1) is 10.2. The molecule has 3 heteroatoms. The van der Waals surface area contributed by atoms with Gasteiger partial charge in [-0.15, -0.1) is 0 Å². The lowest BCUT2D eigenvalue weighted by Crippen LogP contribution is -2.39. The van der Waals surface area contributed by atoms with Crippen LogP contribution >= 0.6 is 0 Å². The van der Waals surface area contributed by atoms with Crippen LogP contribution in [-0.2, 0) is 11.2 Å². The molecule has 21 heavy (non-hydrogen) atoms. The van der Waals surface area contributed by atoms with E-state index in [1.165, 1.54) is 18.4 Å². The molecular formula is C18H26N2O. The van der Waals surface area contributed by atoms with Crippen molar-refractivity contribution in [1.29, 1.82) is 0 Å². The van der Waals surface area contributed by atoms with Gasteiger partial charge in [0.1, 0.15) is 0 Å². The van der Waals surface area contributed by atoms with Crippen LogP contribution in [0.5, 0.6) is 0 Å². The highest BCUT2D eigenvalue weighted by Crippen LogP contribution is 2.33. The van der Waals surface area contributed by atoms with Gasteiger partial charge in [-0.05, 0) is 50.0 Å². The number of aryl methyl sites for hydroxylation is 1. The van der Waals surface area contributed by atoms with Crippen LogP contribution in [-0.4, -0.2) is 29.4 Å². The Bertz CT molecular complexity index is 469. The number of nitrogens with zero attached hydrogens (tertiary/aromatic N) is 1. The Hall–Kier alpha value is -1.35. The van der Waals surface area contributed by atoms with Crippen molar-refractivity contribution >= 4 is 5.91 Å². The second-order valence-electron chi connectivity index (χ2n) is 6.61. The lowest BCUT2D eigenvalue weighted by molar-refractivity contribution is -0.132. The van der Waals surface area contributed by atoms with E-state index >= 15 is 0 Å². The fourth-order valence-corrected chi connectivity index (χ4v) is 3.45. The van der Waals surface area contributed by atoms with Crippen LogP contribution in [0.2, 0.25) is 0 Å². The molecule has 0 radical (unpaired) electrons. The van der Waals surface area contributed by atoms with E-state index < -0.39 is 0 Å². The fraction of sp³-hybridized carbons (Fsp3) is 0.611. The average Bonchev–Trinajstić information content (AvgIpc) is 3.25. The Morgan fingerprint density at radius 1 is 1.24 bits per heavy atom. The van der Waals surface area contributed by atoms with Gasteiger partial charge in [0.15, 0.2) is 0 Å². The van der Waals surface area contributed by atoms with E-state index in [4.69, 9.17) is 5.73 Å². The quantitative estimate of drug-likeness (QED) is 0.874. The topological polar surface area (TPSA) is 46.3 Å². The van der Waals surface area contributed by atoms with Crippen LogP contribution in [0.15, 0.2) is 30.3 Å². The molecule has 2 N–H and O–H groups in total. The monoisotopic (exact) mass is 286 g/mol. The molecule has 2 aliphatic rings. The van der Waals surface area contributed by atoms with Gasteiger partial charge in [-0.3, -0.25) is 4.79 Å². The molecule has 1 amide bonds. The molecule has 0 spiro atoms. The first-order valence-corrected chi connectivity index (χ1v) is 8.33. The SMILES string of the molecule is N[C@@H](CC(=O)N1CCC[C@@H]1CCc1ccccc1)C1CC1. The van der Waals surface area contributed by atoms with Crippen molar-refractivity contribution in [1.82, 2.24) is 4.90 Å². The molecule has 1 saturated carbocycles. The molecule has 1 saturated heterocycles. The zero-order chi connectivity index (χ0) is 14.7. The largest absolute Gasteiger partial charge is 0.340 e. The molecule has 3 nitrogen and oxygen atoms in total. The summed E-state index contributed by atoms with van der Waals surface area (Å²) in [4.78, 5) is 14.6. The van der Waals surface area contributed by atoms with Gasteiger partial charge in [-0.1, -0.05) is 30.3 Å². The van der Waals surface area contributed by atoms with Crippen LogP contribution in [0, 0.1) is 5.92 Å². The predicted molar refractivity (Wildman–Crippen MR) is 84.8 cm³/mol. The summed E-state index contributed by atoms with van der Waals surface area (Å²) in [5, 5.41) is 0. The Morgan fingerprint density at radius 3 is 2.71 bits per heavy atom. The predicted octanol–water partition coefficient (Wildman–Crippen LogP) is 2.74. The summed E-state index contributed by atoms with van der Waals surface area (Å²) >= 11 is 0. The van der Waals surface area contributed by atoms with Gasteiger partial charge in [-0.25, -0.2) is 0 Å². The minimum Gasteiger partial charge on any atom is -0.340 e. The summed E-state index contributed by atoms with van der Waals surface area (Å²) in [5.41, 5.74) is 7.48. The molecule has 1 aromatic rings. The fourth-order valence-electron chi connectivity index (χ4n) is 3.45. The van der Waals surface area contributed by atoms with Crippen LogP contribution in [0.3, 0.4) is 0 Å². The highest BCUT2D eigenvalue weighted by Gasteiger charge is 2.34. The first kappa shape index (κ1) is 14.6. The van der Waals surface area contributed by atoms with Gasteiger partial charge >= 0.3 is 0 Å².